The Bertz CT molecular complexity index is 876. The first kappa shape index (κ1) is 18.1. The van der Waals surface area contributed by atoms with E-state index < -0.39 is 17.6 Å². The van der Waals surface area contributed by atoms with Crippen molar-refractivity contribution in [2.45, 2.75) is 6.42 Å². The standard InChI is InChI=1S/C18H15ClF2N2O3/c1-26-16-5-2-11(19)7-15(16)22-18(25)10-6-17(24)23(9-10)12-3-4-13(20)14(21)8-12/h2-5,7-8,10H,6,9H2,1H3,(H,22,25). The minimum Gasteiger partial charge on any atom is -0.495 e. The lowest BCUT2D eigenvalue weighted by Gasteiger charge is -2.17. The topological polar surface area (TPSA) is 58.6 Å². The van der Waals surface area contributed by atoms with Gasteiger partial charge in [-0.2, -0.15) is 0 Å². The maximum Gasteiger partial charge on any atom is 0.229 e. The summed E-state index contributed by atoms with van der Waals surface area (Å²) in [7, 11) is 1.46. The first-order chi connectivity index (χ1) is 12.4. The van der Waals surface area contributed by atoms with Crippen LogP contribution in [0.2, 0.25) is 5.02 Å². The normalized spacial score (nSPS) is 16.7. The molecule has 8 heteroatoms. The van der Waals surface area contributed by atoms with Crippen LogP contribution in [-0.2, 0) is 9.59 Å². The lowest BCUT2D eigenvalue weighted by atomic mass is 10.1. The molecule has 0 aliphatic carbocycles. The Balaban J connectivity index is 1.75. The molecule has 5 nitrogen and oxygen atoms in total. The number of ether oxygens (including phenoxy) is 1. The summed E-state index contributed by atoms with van der Waals surface area (Å²) in [6.07, 6.45) is -0.0340. The third-order valence-electron chi connectivity index (χ3n) is 4.13. The van der Waals surface area contributed by atoms with Crippen molar-refractivity contribution in [3.8, 4) is 5.75 Å². The Kier molecular flexibility index (Phi) is 5.08. The molecule has 2 aromatic carbocycles. The van der Waals surface area contributed by atoms with E-state index in [-0.39, 0.29) is 30.5 Å². The summed E-state index contributed by atoms with van der Waals surface area (Å²) >= 11 is 5.94. The summed E-state index contributed by atoms with van der Waals surface area (Å²) in [6, 6.07) is 7.97. The fourth-order valence-electron chi connectivity index (χ4n) is 2.80. The van der Waals surface area contributed by atoms with Gasteiger partial charge < -0.3 is 15.0 Å². The van der Waals surface area contributed by atoms with E-state index in [4.69, 9.17) is 16.3 Å². The summed E-state index contributed by atoms with van der Waals surface area (Å²) in [6.45, 7) is 0.0681. The molecule has 3 rings (SSSR count). The van der Waals surface area contributed by atoms with E-state index in [2.05, 4.69) is 5.32 Å². The van der Waals surface area contributed by atoms with E-state index in [0.717, 1.165) is 12.1 Å². The largest absolute Gasteiger partial charge is 0.495 e. The van der Waals surface area contributed by atoms with Gasteiger partial charge in [0.05, 0.1) is 18.7 Å². The first-order valence-corrected chi connectivity index (χ1v) is 8.16. The molecule has 2 aromatic rings. The predicted octanol–water partition coefficient (Wildman–Crippen LogP) is 3.62. The van der Waals surface area contributed by atoms with Gasteiger partial charge in [0.2, 0.25) is 11.8 Å². The van der Waals surface area contributed by atoms with Gasteiger partial charge in [-0.15, -0.1) is 0 Å². The maximum atomic E-state index is 13.4. The summed E-state index contributed by atoms with van der Waals surface area (Å²) in [5.41, 5.74) is 0.605. The van der Waals surface area contributed by atoms with E-state index in [9.17, 15) is 18.4 Å². The molecule has 0 saturated carbocycles. The van der Waals surface area contributed by atoms with Crippen molar-refractivity contribution in [1.82, 2.24) is 0 Å². The van der Waals surface area contributed by atoms with Crippen molar-refractivity contribution in [2.75, 3.05) is 23.9 Å². The number of methoxy groups -OCH3 is 1. The Labute approximate surface area is 153 Å². The average Bonchev–Trinajstić information content (AvgIpc) is 2.99. The van der Waals surface area contributed by atoms with E-state index in [1.807, 2.05) is 0 Å². The SMILES string of the molecule is COc1ccc(Cl)cc1NC(=O)C1CC(=O)N(c2ccc(F)c(F)c2)C1. The summed E-state index contributed by atoms with van der Waals surface area (Å²) in [5.74, 6) is -2.98. The first-order valence-electron chi connectivity index (χ1n) is 7.79. The highest BCUT2D eigenvalue weighted by atomic mass is 35.5. The minimum atomic E-state index is -1.05. The molecule has 0 spiro atoms. The number of nitrogens with zero attached hydrogens (tertiary/aromatic N) is 1. The quantitative estimate of drug-likeness (QED) is 0.881. The van der Waals surface area contributed by atoms with Gasteiger partial charge in [-0.1, -0.05) is 11.6 Å². The number of hydrogen-bond acceptors (Lipinski definition) is 3. The molecular formula is C18H15ClF2N2O3. The third kappa shape index (κ3) is 3.62. The highest BCUT2D eigenvalue weighted by Crippen LogP contribution is 2.30. The molecule has 1 heterocycles. The second-order valence-corrected chi connectivity index (χ2v) is 6.27. The molecule has 136 valence electrons. The van der Waals surface area contributed by atoms with Crippen molar-refractivity contribution in [3.05, 3.63) is 53.1 Å². The Hall–Kier alpha value is -2.67. The average molecular weight is 381 g/mol. The highest BCUT2D eigenvalue weighted by molar-refractivity contribution is 6.31. The van der Waals surface area contributed by atoms with Crippen LogP contribution in [0, 0.1) is 17.6 Å². The second-order valence-electron chi connectivity index (χ2n) is 5.84. The summed E-state index contributed by atoms with van der Waals surface area (Å²) < 4.78 is 31.6. The number of carbonyl (C=O) groups is 2. The number of benzene rings is 2. The van der Waals surface area contributed by atoms with Gasteiger partial charge in [0.1, 0.15) is 5.75 Å². The third-order valence-corrected chi connectivity index (χ3v) is 4.37. The van der Waals surface area contributed by atoms with Crippen LogP contribution in [-0.4, -0.2) is 25.5 Å². The molecule has 1 saturated heterocycles. The summed E-state index contributed by atoms with van der Waals surface area (Å²) in [4.78, 5) is 26.0. The molecule has 1 N–H and O–H groups in total. The van der Waals surface area contributed by atoms with Crippen LogP contribution in [0.25, 0.3) is 0 Å². The predicted molar refractivity (Wildman–Crippen MR) is 93.5 cm³/mol. The molecule has 1 unspecified atom stereocenters. The van der Waals surface area contributed by atoms with E-state index in [1.54, 1.807) is 18.2 Å². The zero-order chi connectivity index (χ0) is 18.8. The van der Waals surface area contributed by atoms with E-state index >= 15 is 0 Å². The van der Waals surface area contributed by atoms with Crippen LogP contribution in [0.5, 0.6) is 5.75 Å². The number of halogens is 3. The van der Waals surface area contributed by atoms with Crippen molar-refractivity contribution < 1.29 is 23.1 Å². The van der Waals surface area contributed by atoms with Crippen LogP contribution in [0.1, 0.15) is 6.42 Å². The monoisotopic (exact) mass is 380 g/mol. The van der Waals surface area contributed by atoms with Crippen molar-refractivity contribution >= 4 is 34.8 Å². The molecule has 2 amide bonds. The molecular weight excluding hydrogens is 366 g/mol. The van der Waals surface area contributed by atoms with Gasteiger partial charge >= 0.3 is 0 Å². The Morgan fingerprint density at radius 1 is 1.23 bits per heavy atom. The van der Waals surface area contributed by atoms with Gasteiger partial charge in [0.25, 0.3) is 0 Å². The van der Waals surface area contributed by atoms with E-state index in [0.29, 0.717) is 16.5 Å². The van der Waals surface area contributed by atoms with Crippen LogP contribution in [0.15, 0.2) is 36.4 Å². The van der Waals surface area contributed by atoms with Gasteiger partial charge in [-0.25, -0.2) is 8.78 Å². The zero-order valence-electron chi connectivity index (χ0n) is 13.8. The smallest absolute Gasteiger partial charge is 0.229 e. The van der Waals surface area contributed by atoms with Gasteiger partial charge in [0, 0.05) is 29.7 Å². The highest BCUT2D eigenvalue weighted by Gasteiger charge is 2.35. The lowest BCUT2D eigenvalue weighted by molar-refractivity contribution is -0.122. The molecule has 0 aromatic heterocycles. The van der Waals surface area contributed by atoms with E-state index in [1.165, 1.54) is 18.1 Å². The molecule has 1 atom stereocenters. The number of hydrogen-bond donors (Lipinski definition) is 1. The maximum absolute atomic E-state index is 13.4. The van der Waals surface area contributed by atoms with Gasteiger partial charge in [-0.3, -0.25) is 9.59 Å². The van der Waals surface area contributed by atoms with Crippen LogP contribution < -0.4 is 15.0 Å². The number of rotatable bonds is 4. The molecule has 0 radical (unpaired) electrons. The minimum absolute atomic E-state index is 0.0340. The van der Waals surface area contributed by atoms with Crippen molar-refractivity contribution in [1.29, 1.82) is 0 Å². The number of amides is 2. The van der Waals surface area contributed by atoms with Crippen LogP contribution in [0.4, 0.5) is 20.2 Å². The Morgan fingerprint density at radius 2 is 2.00 bits per heavy atom. The number of anilines is 2. The fraction of sp³-hybridized carbons (Fsp3) is 0.222. The molecule has 0 bridgehead atoms. The molecule has 26 heavy (non-hydrogen) atoms. The number of nitrogens with one attached hydrogen (secondary N) is 1. The summed E-state index contributed by atoms with van der Waals surface area (Å²) in [5, 5.41) is 3.12. The van der Waals surface area contributed by atoms with Crippen LogP contribution in [0.3, 0.4) is 0 Å². The second kappa shape index (κ2) is 7.29. The van der Waals surface area contributed by atoms with Crippen LogP contribution >= 0.6 is 11.6 Å². The Morgan fingerprint density at radius 3 is 2.69 bits per heavy atom. The van der Waals surface area contributed by atoms with Gasteiger partial charge in [-0.05, 0) is 30.3 Å². The van der Waals surface area contributed by atoms with Crippen molar-refractivity contribution in [3.63, 3.8) is 0 Å². The van der Waals surface area contributed by atoms with Gasteiger partial charge in [0.15, 0.2) is 11.6 Å². The molecule has 1 aliphatic heterocycles. The molecule has 1 aliphatic rings. The number of carbonyl (C=O) groups excluding carboxylic acids is 2. The molecule has 1 fully saturated rings. The fourth-order valence-corrected chi connectivity index (χ4v) is 2.97. The lowest BCUT2D eigenvalue weighted by Crippen LogP contribution is -2.28. The zero-order valence-corrected chi connectivity index (χ0v) is 14.5. The van der Waals surface area contributed by atoms with Crippen molar-refractivity contribution in [2.24, 2.45) is 5.92 Å².